The van der Waals surface area contributed by atoms with Crippen LogP contribution in [0.5, 0.6) is 0 Å². The van der Waals surface area contributed by atoms with Gasteiger partial charge in [0.15, 0.2) is 18.9 Å². The van der Waals surface area contributed by atoms with Crippen molar-refractivity contribution in [1.29, 1.82) is 0 Å². The predicted molar refractivity (Wildman–Crippen MR) is 346 cm³/mol. The first-order chi connectivity index (χ1) is 43.3. The lowest BCUT2D eigenvalue weighted by Gasteiger charge is -2.48. The second-order valence-corrected chi connectivity index (χ2v) is 26.1. The molecule has 3 aliphatic heterocycles. The zero-order valence-electron chi connectivity index (χ0n) is 55.4. The SMILES string of the molecule is CCCCCCCCCCCCCCCCCCCCCCC/C=C/CC/C=C/C(O)C(COC1OC(CO)C(OC2OC(CO)C(OC3OC(CO)C(O)C(O)C3O)C(O)C2O)C(O)C1O)NC(=O)CCCCCCCCCCCCCCCCCCC. The van der Waals surface area contributed by atoms with Gasteiger partial charge in [-0.3, -0.25) is 4.79 Å². The molecule has 0 spiro atoms. The quantitative estimate of drug-likeness (QED) is 0.0199. The van der Waals surface area contributed by atoms with Crippen LogP contribution in [-0.4, -0.2) is 193 Å². The summed E-state index contributed by atoms with van der Waals surface area (Å²) in [5.41, 5.74) is 0. The Morgan fingerprint density at radius 2 is 0.719 bits per heavy atom. The molecule has 3 rings (SSSR count). The molecular weight excluding hydrogens is 1140 g/mol. The molecule has 3 saturated heterocycles. The average molecular weight is 1270 g/mol. The Bertz CT molecular complexity index is 1710. The van der Waals surface area contributed by atoms with E-state index in [0.29, 0.717) is 12.8 Å². The maximum absolute atomic E-state index is 13.4. The fourth-order valence-corrected chi connectivity index (χ4v) is 12.4. The van der Waals surface area contributed by atoms with Gasteiger partial charge in [-0.1, -0.05) is 269 Å². The number of allylic oxidation sites excluding steroid dienone is 3. The summed E-state index contributed by atoms with van der Waals surface area (Å²) in [5.74, 6) is -0.280. The van der Waals surface area contributed by atoms with Gasteiger partial charge in [0.2, 0.25) is 5.91 Å². The van der Waals surface area contributed by atoms with Crippen molar-refractivity contribution in [3.8, 4) is 0 Å². The topological polar surface area (TPSA) is 307 Å². The third-order valence-electron chi connectivity index (χ3n) is 18.3. The van der Waals surface area contributed by atoms with Crippen LogP contribution in [0, 0.1) is 0 Å². The summed E-state index contributed by atoms with van der Waals surface area (Å²) in [4.78, 5) is 13.4. The van der Waals surface area contributed by atoms with Gasteiger partial charge in [0.05, 0.1) is 38.6 Å². The van der Waals surface area contributed by atoms with Crippen molar-refractivity contribution < 1.29 is 89.4 Å². The number of carbonyl (C=O) groups is 1. The van der Waals surface area contributed by atoms with Gasteiger partial charge in [-0.25, -0.2) is 0 Å². The smallest absolute Gasteiger partial charge is 0.220 e. The van der Waals surface area contributed by atoms with Gasteiger partial charge in [0.1, 0.15) is 73.2 Å². The van der Waals surface area contributed by atoms with Crippen LogP contribution in [0.15, 0.2) is 24.3 Å². The van der Waals surface area contributed by atoms with Gasteiger partial charge >= 0.3 is 0 Å². The maximum atomic E-state index is 13.4. The van der Waals surface area contributed by atoms with Crippen molar-refractivity contribution in [3.05, 3.63) is 24.3 Å². The number of hydrogen-bond acceptors (Lipinski definition) is 18. The molecule has 19 nitrogen and oxygen atoms in total. The van der Waals surface area contributed by atoms with E-state index in [-0.39, 0.29) is 18.9 Å². The fourth-order valence-electron chi connectivity index (χ4n) is 12.4. The molecule has 3 heterocycles. The van der Waals surface area contributed by atoms with E-state index >= 15 is 0 Å². The number of aliphatic hydroxyl groups excluding tert-OH is 11. The van der Waals surface area contributed by atoms with Gasteiger partial charge in [-0.05, 0) is 32.1 Å². The molecule has 3 fully saturated rings. The van der Waals surface area contributed by atoms with Gasteiger partial charge in [0, 0.05) is 6.42 Å². The molecule has 0 radical (unpaired) electrons. The lowest BCUT2D eigenvalue weighted by molar-refractivity contribution is -0.379. The first kappa shape index (κ1) is 81.5. The lowest BCUT2D eigenvalue weighted by atomic mass is 9.96. The Balaban J connectivity index is 1.43. The molecule has 0 aliphatic carbocycles. The molecule has 0 saturated carbocycles. The van der Waals surface area contributed by atoms with E-state index in [1.54, 1.807) is 6.08 Å². The van der Waals surface area contributed by atoms with E-state index in [1.165, 1.54) is 212 Å². The maximum Gasteiger partial charge on any atom is 0.220 e. The first-order valence-corrected chi connectivity index (χ1v) is 36.1. The van der Waals surface area contributed by atoms with Gasteiger partial charge in [-0.2, -0.15) is 0 Å². The minimum Gasteiger partial charge on any atom is -0.394 e. The molecule has 0 bridgehead atoms. The minimum atomic E-state index is -1.98. The molecule has 1 amide bonds. The molecular formula is C70H131NO18. The highest BCUT2D eigenvalue weighted by Crippen LogP contribution is 2.33. The number of ether oxygens (including phenoxy) is 6. The number of aliphatic hydroxyl groups is 11. The van der Waals surface area contributed by atoms with Crippen molar-refractivity contribution >= 4 is 5.91 Å². The van der Waals surface area contributed by atoms with E-state index in [0.717, 1.165) is 38.5 Å². The highest BCUT2D eigenvalue weighted by molar-refractivity contribution is 5.76. The number of carbonyl (C=O) groups excluding carboxylic acids is 1. The number of unbranched alkanes of at least 4 members (excludes halogenated alkanes) is 38. The molecule has 17 atom stereocenters. The van der Waals surface area contributed by atoms with Crippen LogP contribution < -0.4 is 5.32 Å². The molecule has 19 heteroatoms. The zero-order chi connectivity index (χ0) is 64.7. The Labute approximate surface area is 537 Å². The van der Waals surface area contributed by atoms with Gasteiger partial charge < -0.3 is 89.9 Å². The summed E-state index contributed by atoms with van der Waals surface area (Å²) in [7, 11) is 0. The third kappa shape index (κ3) is 34.5. The minimum absolute atomic E-state index is 0.240. The fraction of sp³-hybridized carbons (Fsp3) is 0.929. The Morgan fingerprint density at radius 1 is 0.393 bits per heavy atom. The molecule has 0 aromatic carbocycles. The van der Waals surface area contributed by atoms with Crippen LogP contribution >= 0.6 is 0 Å². The summed E-state index contributed by atoms with van der Waals surface area (Å²) in [6.45, 7) is 1.75. The van der Waals surface area contributed by atoms with E-state index < -0.39 is 124 Å². The van der Waals surface area contributed by atoms with E-state index in [2.05, 4.69) is 31.3 Å². The molecule has 0 aromatic heterocycles. The molecule has 3 aliphatic rings. The lowest BCUT2D eigenvalue weighted by Crippen LogP contribution is -2.66. The van der Waals surface area contributed by atoms with Crippen molar-refractivity contribution in [2.45, 2.75) is 388 Å². The number of rotatable bonds is 56. The molecule has 524 valence electrons. The predicted octanol–water partition coefficient (Wildman–Crippen LogP) is 9.83. The second kappa shape index (κ2) is 52.5. The van der Waals surface area contributed by atoms with Crippen molar-refractivity contribution in [1.82, 2.24) is 5.32 Å². The van der Waals surface area contributed by atoms with E-state index in [9.17, 15) is 61.0 Å². The van der Waals surface area contributed by atoms with Gasteiger partial charge in [0.25, 0.3) is 0 Å². The molecule has 17 unspecified atom stereocenters. The number of hydrogen-bond donors (Lipinski definition) is 12. The molecule has 0 aromatic rings. The Hall–Kier alpha value is -1.73. The van der Waals surface area contributed by atoms with Crippen molar-refractivity contribution in [2.75, 3.05) is 26.4 Å². The standard InChI is InChI=1S/C70H131NO18/c1-3-5-7-9-11-13-15-17-19-21-22-23-24-25-26-27-28-29-30-32-33-35-37-39-41-43-45-47-54(75)53(71-58(76)48-46-44-42-40-38-36-34-31-20-18-16-14-12-10-8-6-4-2)52-84-68-64(82)61(79)66(56(50-73)86-68)89-70-65(83)62(80)67(57(51-74)87-70)88-69-63(81)60(78)59(77)55(49-72)85-69/h37,39,45,47,53-57,59-70,72-75,77-83H,3-36,38,40-44,46,48-52H2,1-2H3,(H,71,76)/b39-37+,47-45+. The largest absolute Gasteiger partial charge is 0.394 e. The zero-order valence-corrected chi connectivity index (χ0v) is 55.4. The van der Waals surface area contributed by atoms with E-state index in [4.69, 9.17) is 28.4 Å². The molecule has 89 heavy (non-hydrogen) atoms. The van der Waals surface area contributed by atoms with Gasteiger partial charge in [-0.15, -0.1) is 0 Å². The average Bonchev–Trinajstić information content (AvgIpc) is 2.45. The van der Waals surface area contributed by atoms with Crippen LogP contribution in [0.3, 0.4) is 0 Å². The summed E-state index contributed by atoms with van der Waals surface area (Å²) >= 11 is 0. The van der Waals surface area contributed by atoms with Crippen LogP contribution in [-0.2, 0) is 33.2 Å². The Morgan fingerprint density at radius 3 is 1.12 bits per heavy atom. The van der Waals surface area contributed by atoms with Crippen LogP contribution in [0.25, 0.3) is 0 Å². The summed E-state index contributed by atoms with van der Waals surface area (Å²) < 4.78 is 34.4. The summed E-state index contributed by atoms with van der Waals surface area (Å²) in [6.07, 6.45) is 33.1. The highest BCUT2D eigenvalue weighted by atomic mass is 16.8. The molecule has 12 N–H and O–H groups in total. The Kier molecular flexibility index (Phi) is 48.1. The van der Waals surface area contributed by atoms with Crippen molar-refractivity contribution in [2.24, 2.45) is 0 Å². The number of amides is 1. The summed E-state index contributed by atoms with van der Waals surface area (Å²) in [5, 5.41) is 121. The third-order valence-corrected chi connectivity index (χ3v) is 18.3. The highest BCUT2D eigenvalue weighted by Gasteiger charge is 2.53. The monoisotopic (exact) mass is 1270 g/mol. The first-order valence-electron chi connectivity index (χ1n) is 36.1. The summed E-state index contributed by atoms with van der Waals surface area (Å²) in [6, 6.07) is -0.987. The van der Waals surface area contributed by atoms with Crippen LogP contribution in [0.2, 0.25) is 0 Å². The van der Waals surface area contributed by atoms with Crippen molar-refractivity contribution in [3.63, 3.8) is 0 Å². The normalized spacial score (nSPS) is 28.3. The van der Waals surface area contributed by atoms with Crippen LogP contribution in [0.1, 0.15) is 284 Å². The number of nitrogens with one attached hydrogen (secondary N) is 1. The second-order valence-electron chi connectivity index (χ2n) is 26.1. The van der Waals surface area contributed by atoms with Crippen LogP contribution in [0.4, 0.5) is 0 Å². The van der Waals surface area contributed by atoms with E-state index in [1.807, 2.05) is 6.08 Å².